The van der Waals surface area contributed by atoms with Crippen molar-refractivity contribution >= 4 is 5.97 Å². The molecule has 0 fully saturated rings. The summed E-state index contributed by atoms with van der Waals surface area (Å²) in [5, 5.41) is 0. The second-order valence-corrected chi connectivity index (χ2v) is 4.23. The Kier molecular flexibility index (Phi) is 4.13. The summed E-state index contributed by atoms with van der Waals surface area (Å²) in [7, 11) is 0. The van der Waals surface area contributed by atoms with Gasteiger partial charge in [-0.15, -0.1) is 0 Å². The smallest absolute Gasteiger partial charge is 0.313 e. The fourth-order valence-corrected chi connectivity index (χ4v) is 1.73. The van der Waals surface area contributed by atoms with Gasteiger partial charge in [0.15, 0.2) is 0 Å². The number of carbonyl (C=O) groups excluding carboxylic acids is 1. The van der Waals surface area contributed by atoms with Crippen LogP contribution in [0.3, 0.4) is 0 Å². The van der Waals surface area contributed by atoms with Gasteiger partial charge in [0, 0.05) is 0 Å². The van der Waals surface area contributed by atoms with E-state index >= 15 is 0 Å². The molecule has 1 atom stereocenters. The Bertz CT molecular complexity index is 491. The molecule has 2 aromatic rings. The van der Waals surface area contributed by atoms with Crippen LogP contribution in [-0.4, -0.2) is 5.97 Å². The molecule has 0 spiro atoms. The number of ether oxygens (including phenoxy) is 1. The van der Waals surface area contributed by atoms with Crippen LogP contribution < -0.4 is 0 Å². The van der Waals surface area contributed by atoms with E-state index in [0.717, 1.165) is 11.1 Å². The minimum Gasteiger partial charge on any atom is -0.460 e. The minimum absolute atomic E-state index is 0.190. The maximum atomic E-state index is 11.9. The Labute approximate surface area is 107 Å². The molecule has 0 aliphatic rings. The molecule has 18 heavy (non-hydrogen) atoms. The lowest BCUT2D eigenvalue weighted by Gasteiger charge is -2.11. The standard InChI is InChI=1S/C16H16O2/c1-13(15-10-6-3-7-11-15)16(17)18-12-14-8-4-2-5-9-14/h2-11,13H,12H2,1H3/t13-/m1/s1. The first-order valence-corrected chi connectivity index (χ1v) is 6.03. The molecule has 0 N–H and O–H groups in total. The topological polar surface area (TPSA) is 26.3 Å². The van der Waals surface area contributed by atoms with Gasteiger partial charge in [-0.25, -0.2) is 0 Å². The van der Waals surface area contributed by atoms with Crippen molar-refractivity contribution in [2.75, 3.05) is 0 Å². The van der Waals surface area contributed by atoms with E-state index in [1.165, 1.54) is 0 Å². The maximum Gasteiger partial charge on any atom is 0.313 e. The molecular weight excluding hydrogens is 224 g/mol. The summed E-state index contributed by atoms with van der Waals surface area (Å²) in [6.07, 6.45) is 0. The van der Waals surface area contributed by atoms with Crippen LogP contribution in [0, 0.1) is 0 Å². The molecule has 0 aliphatic carbocycles. The van der Waals surface area contributed by atoms with Gasteiger partial charge in [0.25, 0.3) is 0 Å². The van der Waals surface area contributed by atoms with Crippen LogP contribution in [0.2, 0.25) is 0 Å². The van der Waals surface area contributed by atoms with Gasteiger partial charge < -0.3 is 4.74 Å². The maximum absolute atomic E-state index is 11.9. The Hall–Kier alpha value is -2.09. The molecule has 2 aromatic carbocycles. The molecule has 0 bridgehead atoms. The zero-order valence-electron chi connectivity index (χ0n) is 10.4. The van der Waals surface area contributed by atoms with Gasteiger partial charge in [-0.2, -0.15) is 0 Å². The first-order chi connectivity index (χ1) is 8.77. The van der Waals surface area contributed by atoms with E-state index in [-0.39, 0.29) is 11.9 Å². The third-order valence-electron chi connectivity index (χ3n) is 2.88. The third-order valence-corrected chi connectivity index (χ3v) is 2.88. The summed E-state index contributed by atoms with van der Waals surface area (Å²) in [4.78, 5) is 11.9. The lowest BCUT2D eigenvalue weighted by molar-refractivity contribution is -0.146. The molecular formula is C16H16O2. The highest BCUT2D eigenvalue weighted by molar-refractivity contribution is 5.77. The van der Waals surface area contributed by atoms with Crippen LogP contribution >= 0.6 is 0 Å². The predicted octanol–water partition coefficient (Wildman–Crippen LogP) is 3.53. The van der Waals surface area contributed by atoms with Gasteiger partial charge in [0.05, 0.1) is 5.92 Å². The van der Waals surface area contributed by atoms with Gasteiger partial charge in [0.2, 0.25) is 0 Å². The van der Waals surface area contributed by atoms with Gasteiger partial charge in [-0.1, -0.05) is 60.7 Å². The Morgan fingerprint density at radius 2 is 1.56 bits per heavy atom. The molecule has 0 saturated heterocycles. The van der Waals surface area contributed by atoms with Gasteiger partial charge in [-0.3, -0.25) is 4.79 Å². The number of rotatable bonds is 4. The molecule has 2 heteroatoms. The van der Waals surface area contributed by atoms with E-state index in [4.69, 9.17) is 4.74 Å². The molecule has 2 nitrogen and oxygen atoms in total. The van der Waals surface area contributed by atoms with Crippen molar-refractivity contribution in [1.29, 1.82) is 0 Å². The second-order valence-electron chi connectivity index (χ2n) is 4.23. The molecule has 0 saturated carbocycles. The fraction of sp³-hybridized carbons (Fsp3) is 0.188. The van der Waals surface area contributed by atoms with E-state index in [2.05, 4.69) is 0 Å². The first kappa shape index (κ1) is 12.4. The van der Waals surface area contributed by atoms with Gasteiger partial charge >= 0.3 is 5.97 Å². The number of hydrogen-bond donors (Lipinski definition) is 0. The molecule has 92 valence electrons. The summed E-state index contributed by atoms with van der Waals surface area (Å²) in [6, 6.07) is 19.4. The normalized spacial score (nSPS) is 11.8. The van der Waals surface area contributed by atoms with Crippen LogP contribution in [0.15, 0.2) is 60.7 Å². The second kappa shape index (κ2) is 6.01. The number of benzene rings is 2. The van der Waals surface area contributed by atoms with Crippen molar-refractivity contribution in [3.8, 4) is 0 Å². The van der Waals surface area contributed by atoms with Crippen molar-refractivity contribution < 1.29 is 9.53 Å². The third kappa shape index (κ3) is 3.20. The van der Waals surface area contributed by atoms with Crippen molar-refractivity contribution in [2.45, 2.75) is 19.4 Å². The molecule has 0 heterocycles. The van der Waals surface area contributed by atoms with E-state index in [0.29, 0.717) is 6.61 Å². The Balaban J connectivity index is 1.93. The zero-order valence-corrected chi connectivity index (χ0v) is 10.4. The van der Waals surface area contributed by atoms with Crippen LogP contribution in [0.4, 0.5) is 0 Å². The summed E-state index contributed by atoms with van der Waals surface area (Å²) in [6.45, 7) is 2.19. The average Bonchev–Trinajstić information content (AvgIpc) is 2.46. The van der Waals surface area contributed by atoms with Crippen molar-refractivity contribution in [2.24, 2.45) is 0 Å². The lowest BCUT2D eigenvalue weighted by atomic mass is 10.0. The minimum atomic E-state index is -0.227. The van der Waals surface area contributed by atoms with Crippen LogP contribution in [0.1, 0.15) is 24.0 Å². The van der Waals surface area contributed by atoms with Crippen molar-refractivity contribution in [3.05, 3.63) is 71.8 Å². The van der Waals surface area contributed by atoms with Crippen LogP contribution in [-0.2, 0) is 16.1 Å². The zero-order chi connectivity index (χ0) is 12.8. The molecule has 2 rings (SSSR count). The largest absolute Gasteiger partial charge is 0.460 e. The summed E-state index contributed by atoms with van der Waals surface area (Å²) < 4.78 is 5.31. The fourth-order valence-electron chi connectivity index (χ4n) is 1.73. The van der Waals surface area contributed by atoms with Crippen LogP contribution in [0.5, 0.6) is 0 Å². The van der Waals surface area contributed by atoms with E-state index in [1.807, 2.05) is 67.6 Å². The van der Waals surface area contributed by atoms with Gasteiger partial charge in [-0.05, 0) is 18.1 Å². The number of esters is 1. The predicted molar refractivity (Wildman–Crippen MR) is 71.1 cm³/mol. The van der Waals surface area contributed by atoms with Crippen molar-refractivity contribution in [1.82, 2.24) is 0 Å². The quantitative estimate of drug-likeness (QED) is 0.764. The van der Waals surface area contributed by atoms with Crippen molar-refractivity contribution in [3.63, 3.8) is 0 Å². The first-order valence-electron chi connectivity index (χ1n) is 6.03. The van der Waals surface area contributed by atoms with Crippen LogP contribution in [0.25, 0.3) is 0 Å². The molecule has 0 radical (unpaired) electrons. The van der Waals surface area contributed by atoms with E-state index in [9.17, 15) is 4.79 Å². The summed E-state index contributed by atoms with van der Waals surface area (Å²) in [5.74, 6) is -0.417. The number of hydrogen-bond acceptors (Lipinski definition) is 2. The summed E-state index contributed by atoms with van der Waals surface area (Å²) >= 11 is 0. The van der Waals surface area contributed by atoms with E-state index < -0.39 is 0 Å². The SMILES string of the molecule is C[C@@H](C(=O)OCc1ccccc1)c1ccccc1. The Morgan fingerprint density at radius 1 is 1.00 bits per heavy atom. The monoisotopic (exact) mass is 240 g/mol. The highest BCUT2D eigenvalue weighted by atomic mass is 16.5. The summed E-state index contributed by atoms with van der Waals surface area (Å²) in [5.41, 5.74) is 1.99. The Morgan fingerprint density at radius 3 is 2.17 bits per heavy atom. The van der Waals surface area contributed by atoms with Gasteiger partial charge in [0.1, 0.15) is 6.61 Å². The number of carbonyl (C=O) groups is 1. The highest BCUT2D eigenvalue weighted by Gasteiger charge is 2.16. The average molecular weight is 240 g/mol. The highest BCUT2D eigenvalue weighted by Crippen LogP contribution is 2.16. The van der Waals surface area contributed by atoms with E-state index in [1.54, 1.807) is 0 Å². The molecule has 0 aliphatic heterocycles. The molecule has 0 amide bonds. The molecule has 0 unspecified atom stereocenters. The molecule has 0 aromatic heterocycles. The lowest BCUT2D eigenvalue weighted by Crippen LogP contribution is -2.13.